The summed E-state index contributed by atoms with van der Waals surface area (Å²) in [5.74, 6) is -15.1. The maximum Gasteiger partial charge on any atom is 0.341 e. The summed E-state index contributed by atoms with van der Waals surface area (Å²) in [6, 6.07) is 0. The predicted octanol–water partition coefficient (Wildman–Crippen LogP) is 0.648. The molecule has 0 bridgehead atoms. The molecule has 1 spiro atoms. The Kier molecular flexibility index (Phi) is 6.43. The van der Waals surface area contributed by atoms with Crippen LogP contribution in [0.1, 0.15) is 68.7 Å². The third-order valence-electron chi connectivity index (χ3n) is 15.2. The average Bonchev–Trinajstić information content (AvgIpc) is 3.88. The van der Waals surface area contributed by atoms with Gasteiger partial charge in [0, 0.05) is 55.3 Å². The normalized spacial score (nSPS) is 58.2. The maximum absolute atomic E-state index is 14.5. The highest BCUT2D eigenvalue weighted by atomic mass is 16.8. The van der Waals surface area contributed by atoms with E-state index >= 15 is 0 Å². The van der Waals surface area contributed by atoms with E-state index in [0.29, 0.717) is 0 Å². The van der Waals surface area contributed by atoms with E-state index in [1.807, 2.05) is 20.8 Å². The highest BCUT2D eigenvalue weighted by Crippen LogP contribution is 2.81. The molecule has 14 heteroatoms. The summed E-state index contributed by atoms with van der Waals surface area (Å²) >= 11 is 0. The summed E-state index contributed by atoms with van der Waals surface area (Å²) in [4.78, 5) is 66.7. The molecular formula is C35H46O14. The first kappa shape index (κ1) is 33.5. The van der Waals surface area contributed by atoms with Gasteiger partial charge in [-0.3, -0.25) is 19.2 Å². The topological polar surface area (TPSA) is 208 Å². The van der Waals surface area contributed by atoms with E-state index in [4.69, 9.17) is 28.4 Å². The van der Waals surface area contributed by atoms with Crippen LogP contribution in [0.5, 0.6) is 0 Å². The first-order valence-electron chi connectivity index (χ1n) is 17.4. The molecule has 8 fully saturated rings. The maximum atomic E-state index is 14.5. The zero-order valence-corrected chi connectivity index (χ0v) is 29.1. The largest absolute Gasteiger partial charge is 0.462 e. The van der Waals surface area contributed by atoms with E-state index in [2.05, 4.69) is 0 Å². The summed E-state index contributed by atoms with van der Waals surface area (Å²) in [7, 11) is 0. The number of fused-ring (bicyclic) bond motifs is 9. The van der Waals surface area contributed by atoms with E-state index in [1.54, 1.807) is 13.8 Å². The van der Waals surface area contributed by atoms with Crippen LogP contribution < -0.4 is 0 Å². The summed E-state index contributed by atoms with van der Waals surface area (Å²) in [6.45, 7) is 14.1. The molecule has 0 radical (unpaired) electrons. The lowest BCUT2D eigenvalue weighted by atomic mass is 9.39. The van der Waals surface area contributed by atoms with Crippen LogP contribution in [0, 0.1) is 63.6 Å². The number of hydrogen-bond donors (Lipinski definition) is 3. The zero-order valence-electron chi connectivity index (χ0n) is 29.1. The fourth-order valence-electron chi connectivity index (χ4n) is 13.5. The minimum atomic E-state index is -2.96. The Hall–Kier alpha value is -2.65. The van der Waals surface area contributed by atoms with Crippen molar-refractivity contribution in [3.63, 3.8) is 0 Å². The number of carbonyl (C=O) groups excluding carboxylic acids is 5. The monoisotopic (exact) mass is 690 g/mol. The predicted molar refractivity (Wildman–Crippen MR) is 160 cm³/mol. The van der Waals surface area contributed by atoms with Crippen molar-refractivity contribution in [3.8, 4) is 0 Å². The van der Waals surface area contributed by atoms with Crippen LogP contribution in [0.3, 0.4) is 0 Å². The number of ether oxygens (including phenoxy) is 6. The number of aliphatic hydroxyl groups is 3. The molecule has 14 nitrogen and oxygen atoms in total. The molecule has 3 N–H and O–H groups in total. The Bertz CT molecular complexity index is 1590. The standard InChI is InChI=1S/C35H46O14/c1-11-18-20(34(42,43)25(39)16-10-17-23(47-17)28(30(16,18)6)46-15(5)38)21-24(44-13(3)36)22-19(31(21,7)26(11)45-14(4)37)12(2)27-35(48-27)32(22,8)33(9,41)29(40)49-35/h11-12,16-24,26-28,41-43H,10H2,1-9H3/t11?,12-,16+,17-,18?,19-,20?,21+,22-,23-,24+,26-,27-,28-,30-,31+,32-,33+,35+/m0/s1. The van der Waals surface area contributed by atoms with Crippen LogP contribution in [0.15, 0.2) is 0 Å². The second-order valence-electron chi connectivity index (χ2n) is 17.1. The van der Waals surface area contributed by atoms with Crippen molar-refractivity contribution in [1.29, 1.82) is 0 Å². The Labute approximate surface area is 283 Å². The van der Waals surface area contributed by atoms with Crippen LogP contribution >= 0.6 is 0 Å². The van der Waals surface area contributed by atoms with Gasteiger partial charge in [-0.2, -0.15) is 0 Å². The third-order valence-corrected chi connectivity index (χ3v) is 15.2. The van der Waals surface area contributed by atoms with Crippen molar-refractivity contribution in [2.75, 3.05) is 0 Å². The van der Waals surface area contributed by atoms with Crippen LogP contribution in [0.25, 0.3) is 0 Å². The zero-order chi connectivity index (χ0) is 35.9. The van der Waals surface area contributed by atoms with Crippen molar-refractivity contribution < 1.29 is 67.7 Å². The molecule has 0 aromatic rings. The van der Waals surface area contributed by atoms with Gasteiger partial charge in [-0.25, -0.2) is 4.79 Å². The van der Waals surface area contributed by atoms with Gasteiger partial charge >= 0.3 is 23.9 Å². The summed E-state index contributed by atoms with van der Waals surface area (Å²) in [6.07, 6.45) is -4.57. The quantitative estimate of drug-likeness (QED) is 0.161. The molecule has 5 aliphatic carbocycles. The summed E-state index contributed by atoms with van der Waals surface area (Å²) < 4.78 is 36.4. The van der Waals surface area contributed by atoms with Crippen LogP contribution in [0.4, 0.5) is 0 Å². The first-order valence-corrected chi connectivity index (χ1v) is 17.4. The first-order chi connectivity index (χ1) is 22.6. The van der Waals surface area contributed by atoms with Gasteiger partial charge in [0.1, 0.15) is 30.5 Å². The van der Waals surface area contributed by atoms with Gasteiger partial charge in [0.05, 0.1) is 11.5 Å². The van der Waals surface area contributed by atoms with Crippen molar-refractivity contribution in [2.45, 2.75) is 123 Å². The second-order valence-corrected chi connectivity index (χ2v) is 17.1. The number of Topliss-reactive ketones (excluding diaryl/α,β-unsaturated/α-hetero) is 1. The molecule has 49 heavy (non-hydrogen) atoms. The molecule has 0 amide bonds. The van der Waals surface area contributed by atoms with E-state index in [0.717, 1.165) is 0 Å². The Morgan fingerprint density at radius 3 is 1.92 bits per heavy atom. The third kappa shape index (κ3) is 3.53. The van der Waals surface area contributed by atoms with E-state index in [1.165, 1.54) is 27.7 Å². The highest BCUT2D eigenvalue weighted by Gasteiger charge is 2.93. The van der Waals surface area contributed by atoms with Gasteiger partial charge in [0.2, 0.25) is 11.6 Å². The SMILES string of the molecule is CC(=O)O[C@H]1[C@@H]2[C@H]([C@H](C)[C@@H]3O[C@@]34OC(=O)[C@@](C)(O)[C@]24C)[C@]2(C)[C@@H]1C1C(C(C)[C@@H]2OC(C)=O)[C@]2(C)[C@H](C[C@@H]3O[C@@H]3[C@@H]2OC(C)=O)C(=O)C1(O)O. The number of carbonyl (C=O) groups is 5. The number of hydrogen-bond acceptors (Lipinski definition) is 14. The molecule has 0 aromatic carbocycles. The smallest absolute Gasteiger partial charge is 0.341 e. The molecule has 8 rings (SSSR count). The molecule has 0 aromatic heterocycles. The Morgan fingerprint density at radius 2 is 1.33 bits per heavy atom. The lowest BCUT2D eigenvalue weighted by Gasteiger charge is -2.67. The highest BCUT2D eigenvalue weighted by molar-refractivity contribution is 5.90. The van der Waals surface area contributed by atoms with Crippen molar-refractivity contribution in [1.82, 2.24) is 0 Å². The minimum absolute atomic E-state index is 0.175. The molecule has 3 aliphatic heterocycles. The minimum Gasteiger partial charge on any atom is -0.462 e. The average molecular weight is 691 g/mol. The lowest BCUT2D eigenvalue weighted by molar-refractivity contribution is -0.313. The van der Waals surface area contributed by atoms with Crippen molar-refractivity contribution in [3.05, 3.63) is 0 Å². The summed E-state index contributed by atoms with van der Waals surface area (Å²) in [5, 5.41) is 36.5. The van der Waals surface area contributed by atoms with Gasteiger partial charge in [-0.15, -0.1) is 0 Å². The van der Waals surface area contributed by atoms with Crippen LogP contribution in [-0.2, 0) is 52.4 Å². The van der Waals surface area contributed by atoms with E-state index in [-0.39, 0.29) is 6.42 Å². The molecule has 3 unspecified atom stereocenters. The fourth-order valence-corrected chi connectivity index (χ4v) is 13.5. The molecular weight excluding hydrogens is 644 g/mol. The number of esters is 4. The van der Waals surface area contributed by atoms with Gasteiger partial charge < -0.3 is 43.7 Å². The van der Waals surface area contributed by atoms with Crippen molar-refractivity contribution >= 4 is 29.7 Å². The lowest BCUT2D eigenvalue weighted by Crippen LogP contribution is -2.76. The molecule has 5 saturated carbocycles. The van der Waals surface area contributed by atoms with Crippen LogP contribution in [0.2, 0.25) is 0 Å². The van der Waals surface area contributed by atoms with E-state index < -0.39 is 147 Å². The number of ketones is 1. The summed E-state index contributed by atoms with van der Waals surface area (Å²) in [5.41, 5.74) is -6.14. The molecule has 3 saturated heterocycles. The molecule has 270 valence electrons. The van der Waals surface area contributed by atoms with Crippen LogP contribution in [-0.4, -0.2) is 98.8 Å². The Morgan fingerprint density at radius 1 is 0.755 bits per heavy atom. The van der Waals surface area contributed by atoms with E-state index in [9.17, 15) is 39.3 Å². The van der Waals surface area contributed by atoms with Gasteiger partial charge in [0.15, 0.2) is 11.4 Å². The molecule has 19 atom stereocenters. The molecule has 8 aliphatic rings. The van der Waals surface area contributed by atoms with Gasteiger partial charge in [-0.05, 0) is 43.9 Å². The fraction of sp³-hybridized carbons (Fsp3) is 0.857. The number of epoxide rings is 2. The van der Waals surface area contributed by atoms with Crippen molar-refractivity contribution in [2.24, 2.45) is 63.6 Å². The van der Waals surface area contributed by atoms with Gasteiger partial charge in [-0.1, -0.05) is 27.7 Å². The number of rotatable bonds is 3. The van der Waals surface area contributed by atoms with Gasteiger partial charge in [0.25, 0.3) is 0 Å². The Balaban J connectivity index is 1.40. The second kappa shape index (κ2) is 9.41. The molecule has 3 heterocycles.